The summed E-state index contributed by atoms with van der Waals surface area (Å²) < 4.78 is 5.14. The van der Waals surface area contributed by atoms with Crippen molar-refractivity contribution in [3.05, 3.63) is 77.1 Å². The average molecular weight is 369 g/mol. The first-order chi connectivity index (χ1) is 12.6. The normalized spacial score (nSPS) is 10.2. The SMILES string of the molecule is COc1cccc(NC(=O)c2cnc(NCc3ccc(Cl)cc3)nc2)c1. The highest BCUT2D eigenvalue weighted by atomic mass is 35.5. The number of benzene rings is 2. The molecule has 0 aliphatic rings. The van der Waals surface area contributed by atoms with Crippen molar-refractivity contribution in [3.63, 3.8) is 0 Å². The van der Waals surface area contributed by atoms with E-state index in [-0.39, 0.29) is 5.91 Å². The maximum absolute atomic E-state index is 12.3. The molecule has 0 unspecified atom stereocenters. The number of amides is 1. The van der Waals surface area contributed by atoms with Crippen molar-refractivity contribution in [2.75, 3.05) is 17.7 Å². The number of carbonyl (C=O) groups excluding carboxylic acids is 1. The molecule has 2 aromatic carbocycles. The maximum Gasteiger partial charge on any atom is 0.258 e. The fraction of sp³-hybridized carbons (Fsp3) is 0.105. The molecule has 0 spiro atoms. The molecule has 6 nitrogen and oxygen atoms in total. The van der Waals surface area contributed by atoms with Gasteiger partial charge in [0.05, 0.1) is 12.7 Å². The van der Waals surface area contributed by atoms with Gasteiger partial charge in [-0.3, -0.25) is 4.79 Å². The average Bonchev–Trinajstić information content (AvgIpc) is 2.68. The molecule has 0 aliphatic carbocycles. The summed E-state index contributed by atoms with van der Waals surface area (Å²) in [5.41, 5.74) is 2.06. The Balaban J connectivity index is 1.59. The fourth-order valence-corrected chi connectivity index (χ4v) is 2.35. The van der Waals surface area contributed by atoms with Gasteiger partial charge in [0.25, 0.3) is 5.91 Å². The number of hydrogen-bond acceptors (Lipinski definition) is 5. The fourth-order valence-electron chi connectivity index (χ4n) is 2.22. The van der Waals surface area contributed by atoms with Crippen LogP contribution in [0.3, 0.4) is 0 Å². The first-order valence-electron chi connectivity index (χ1n) is 7.90. The zero-order valence-electron chi connectivity index (χ0n) is 14.1. The van der Waals surface area contributed by atoms with Crippen molar-refractivity contribution >= 4 is 29.1 Å². The Bertz CT molecular complexity index is 883. The summed E-state index contributed by atoms with van der Waals surface area (Å²) in [6, 6.07) is 14.6. The number of anilines is 2. The van der Waals surface area contributed by atoms with Crippen molar-refractivity contribution < 1.29 is 9.53 Å². The predicted octanol–water partition coefficient (Wildman–Crippen LogP) is 4.00. The van der Waals surface area contributed by atoms with E-state index in [0.717, 1.165) is 5.56 Å². The van der Waals surface area contributed by atoms with Crippen LogP contribution in [0.2, 0.25) is 5.02 Å². The highest BCUT2D eigenvalue weighted by Crippen LogP contribution is 2.17. The molecule has 0 atom stereocenters. The molecule has 1 heterocycles. The molecule has 1 amide bonds. The van der Waals surface area contributed by atoms with E-state index < -0.39 is 0 Å². The van der Waals surface area contributed by atoms with Gasteiger partial charge in [0.1, 0.15) is 5.75 Å². The lowest BCUT2D eigenvalue weighted by atomic mass is 10.2. The summed E-state index contributed by atoms with van der Waals surface area (Å²) >= 11 is 5.86. The third-order valence-electron chi connectivity index (χ3n) is 3.61. The van der Waals surface area contributed by atoms with E-state index in [9.17, 15) is 4.79 Å². The number of rotatable bonds is 6. The number of methoxy groups -OCH3 is 1. The van der Waals surface area contributed by atoms with Crippen molar-refractivity contribution in [3.8, 4) is 5.75 Å². The monoisotopic (exact) mass is 368 g/mol. The molecule has 0 bridgehead atoms. The largest absolute Gasteiger partial charge is 0.497 e. The maximum atomic E-state index is 12.3. The molecule has 26 heavy (non-hydrogen) atoms. The van der Waals surface area contributed by atoms with Crippen LogP contribution in [0.15, 0.2) is 60.9 Å². The lowest BCUT2D eigenvalue weighted by Crippen LogP contribution is -2.13. The minimum atomic E-state index is -0.289. The Morgan fingerprint density at radius 1 is 1.12 bits per heavy atom. The summed E-state index contributed by atoms with van der Waals surface area (Å²) in [6.07, 6.45) is 2.96. The molecule has 3 rings (SSSR count). The van der Waals surface area contributed by atoms with Crippen LogP contribution in [0.5, 0.6) is 5.75 Å². The van der Waals surface area contributed by atoms with E-state index in [1.165, 1.54) is 12.4 Å². The Morgan fingerprint density at radius 3 is 2.54 bits per heavy atom. The highest BCUT2D eigenvalue weighted by Gasteiger charge is 2.08. The molecule has 132 valence electrons. The molecular formula is C19H17ClN4O2. The molecule has 0 saturated carbocycles. The van der Waals surface area contributed by atoms with Gasteiger partial charge >= 0.3 is 0 Å². The lowest BCUT2D eigenvalue weighted by Gasteiger charge is -2.08. The molecule has 0 fully saturated rings. The van der Waals surface area contributed by atoms with Gasteiger partial charge in [0.2, 0.25) is 5.95 Å². The Kier molecular flexibility index (Phi) is 5.66. The molecule has 3 aromatic rings. The van der Waals surface area contributed by atoms with Crippen molar-refractivity contribution in [2.45, 2.75) is 6.54 Å². The minimum absolute atomic E-state index is 0.289. The van der Waals surface area contributed by atoms with Crippen LogP contribution >= 0.6 is 11.6 Å². The summed E-state index contributed by atoms with van der Waals surface area (Å²) in [5, 5.41) is 6.57. The lowest BCUT2D eigenvalue weighted by molar-refractivity contribution is 0.102. The van der Waals surface area contributed by atoms with Crippen molar-refractivity contribution in [1.29, 1.82) is 0 Å². The van der Waals surface area contributed by atoms with E-state index in [1.54, 1.807) is 31.4 Å². The van der Waals surface area contributed by atoms with Gasteiger partial charge < -0.3 is 15.4 Å². The third kappa shape index (κ3) is 4.70. The molecule has 0 radical (unpaired) electrons. The summed E-state index contributed by atoms with van der Waals surface area (Å²) in [7, 11) is 1.57. The van der Waals surface area contributed by atoms with E-state index in [4.69, 9.17) is 16.3 Å². The van der Waals surface area contributed by atoms with E-state index in [0.29, 0.717) is 34.5 Å². The third-order valence-corrected chi connectivity index (χ3v) is 3.86. The Morgan fingerprint density at radius 2 is 1.85 bits per heavy atom. The summed E-state index contributed by atoms with van der Waals surface area (Å²) in [6.45, 7) is 0.562. The Labute approximate surface area is 156 Å². The van der Waals surface area contributed by atoms with Gasteiger partial charge in [0, 0.05) is 35.7 Å². The predicted molar refractivity (Wildman–Crippen MR) is 102 cm³/mol. The topological polar surface area (TPSA) is 76.1 Å². The van der Waals surface area contributed by atoms with Gasteiger partial charge in [-0.25, -0.2) is 9.97 Å². The second kappa shape index (κ2) is 8.31. The zero-order valence-corrected chi connectivity index (χ0v) is 14.8. The number of nitrogens with zero attached hydrogens (tertiary/aromatic N) is 2. The van der Waals surface area contributed by atoms with Gasteiger partial charge in [-0.2, -0.15) is 0 Å². The number of hydrogen-bond donors (Lipinski definition) is 2. The first-order valence-corrected chi connectivity index (χ1v) is 8.27. The number of carbonyl (C=O) groups is 1. The summed E-state index contributed by atoms with van der Waals surface area (Å²) in [4.78, 5) is 20.6. The van der Waals surface area contributed by atoms with Gasteiger partial charge in [-0.05, 0) is 29.8 Å². The second-order valence-electron chi connectivity index (χ2n) is 5.46. The van der Waals surface area contributed by atoms with E-state index in [1.807, 2.05) is 24.3 Å². The van der Waals surface area contributed by atoms with Crippen molar-refractivity contribution in [2.24, 2.45) is 0 Å². The number of ether oxygens (including phenoxy) is 1. The molecular weight excluding hydrogens is 352 g/mol. The minimum Gasteiger partial charge on any atom is -0.497 e. The first kappa shape index (κ1) is 17.7. The standard InChI is InChI=1S/C19H17ClN4O2/c1-26-17-4-2-3-16(9-17)24-18(25)14-11-22-19(23-12-14)21-10-13-5-7-15(20)8-6-13/h2-9,11-12H,10H2,1H3,(H,24,25)(H,21,22,23). The second-order valence-corrected chi connectivity index (χ2v) is 5.90. The van der Waals surface area contributed by atoms with Gasteiger partial charge in [0.15, 0.2) is 0 Å². The molecule has 7 heteroatoms. The van der Waals surface area contributed by atoms with Crippen LogP contribution in [0.4, 0.5) is 11.6 Å². The van der Waals surface area contributed by atoms with Crippen LogP contribution in [0.1, 0.15) is 15.9 Å². The molecule has 2 N–H and O–H groups in total. The zero-order chi connectivity index (χ0) is 18.4. The van der Waals surface area contributed by atoms with Gasteiger partial charge in [-0.1, -0.05) is 29.8 Å². The molecule has 0 saturated heterocycles. The van der Waals surface area contributed by atoms with Crippen LogP contribution < -0.4 is 15.4 Å². The number of halogens is 1. The van der Waals surface area contributed by atoms with Crippen LogP contribution in [0, 0.1) is 0 Å². The quantitative estimate of drug-likeness (QED) is 0.687. The van der Waals surface area contributed by atoms with Crippen LogP contribution in [-0.4, -0.2) is 23.0 Å². The molecule has 0 aliphatic heterocycles. The van der Waals surface area contributed by atoms with Crippen molar-refractivity contribution in [1.82, 2.24) is 9.97 Å². The van der Waals surface area contributed by atoms with Crippen LogP contribution in [0.25, 0.3) is 0 Å². The number of nitrogens with one attached hydrogen (secondary N) is 2. The van der Waals surface area contributed by atoms with Gasteiger partial charge in [-0.15, -0.1) is 0 Å². The smallest absolute Gasteiger partial charge is 0.258 e. The summed E-state index contributed by atoms with van der Waals surface area (Å²) in [5.74, 6) is 0.821. The Hall–Kier alpha value is -3.12. The highest BCUT2D eigenvalue weighted by molar-refractivity contribution is 6.30. The van der Waals surface area contributed by atoms with E-state index >= 15 is 0 Å². The van der Waals surface area contributed by atoms with E-state index in [2.05, 4.69) is 20.6 Å². The number of aromatic nitrogens is 2. The van der Waals surface area contributed by atoms with Crippen LogP contribution in [-0.2, 0) is 6.54 Å². The molecule has 1 aromatic heterocycles.